The van der Waals surface area contributed by atoms with Crippen LogP contribution in [0.2, 0.25) is 0 Å². The molecule has 4 aromatic rings. The molecule has 4 rings (SSSR count). The van der Waals surface area contributed by atoms with Gasteiger partial charge in [0.25, 0.3) is 6.33 Å². The van der Waals surface area contributed by atoms with Gasteiger partial charge in [0.1, 0.15) is 23.8 Å². The highest BCUT2D eigenvalue weighted by Crippen LogP contribution is 2.41. The van der Waals surface area contributed by atoms with Crippen molar-refractivity contribution in [2.75, 3.05) is 26.2 Å². The highest BCUT2D eigenvalue weighted by atomic mass is 35.5. The molecular weight excluding hydrogens is 659 g/mol. The molecule has 0 radical (unpaired) electrons. The molecule has 0 aliphatic heterocycles. The van der Waals surface area contributed by atoms with E-state index < -0.39 is 35.5 Å². The second kappa shape index (κ2) is 17.3. The highest BCUT2D eigenvalue weighted by molar-refractivity contribution is 7.10. The third-order valence-corrected chi connectivity index (χ3v) is 8.48. The lowest BCUT2D eigenvalue weighted by Crippen LogP contribution is -3.00. The van der Waals surface area contributed by atoms with E-state index in [1.165, 1.54) is 28.7 Å². The largest absolute Gasteiger partial charge is 1.00 e. The summed E-state index contributed by atoms with van der Waals surface area (Å²) < 4.78 is 38.2. The minimum absolute atomic E-state index is 0. The van der Waals surface area contributed by atoms with Gasteiger partial charge in [-0.1, -0.05) is 26.0 Å². The van der Waals surface area contributed by atoms with Crippen LogP contribution in [-0.4, -0.2) is 57.0 Å². The molecule has 2 aromatic carbocycles. The number of amides is 1. The molecule has 0 fully saturated rings. The molecule has 0 spiro atoms. The Labute approximate surface area is 283 Å². The fraction of sp³-hybridized carbons (Fsp3) is 0.387. The van der Waals surface area contributed by atoms with Gasteiger partial charge in [-0.3, -0.25) is 0 Å². The molecule has 10 nitrogen and oxygen atoms in total. The van der Waals surface area contributed by atoms with E-state index in [9.17, 15) is 14.3 Å². The van der Waals surface area contributed by atoms with E-state index in [-0.39, 0.29) is 36.9 Å². The average molecular weight is 697 g/mol. The van der Waals surface area contributed by atoms with Gasteiger partial charge in [0.15, 0.2) is 0 Å². The number of halogens is 4. The molecular formula is C31H37Cl2F2N7O3S. The summed E-state index contributed by atoms with van der Waals surface area (Å²) in [6, 6.07) is 12.0. The zero-order valence-corrected chi connectivity index (χ0v) is 28.3. The number of nitrogens with zero attached hydrogens (tertiary/aromatic N) is 6. The van der Waals surface area contributed by atoms with Crippen LogP contribution >= 0.6 is 23.7 Å². The Kier molecular flexibility index (Phi) is 14.5. The van der Waals surface area contributed by atoms with E-state index in [4.69, 9.17) is 15.0 Å². The second-order valence-electron chi connectivity index (χ2n) is 10.3. The zero-order chi connectivity index (χ0) is 31.9. The lowest BCUT2D eigenvalue weighted by molar-refractivity contribution is -0.753. The van der Waals surface area contributed by atoms with Crippen molar-refractivity contribution in [2.24, 2.45) is 0 Å². The van der Waals surface area contributed by atoms with Crippen molar-refractivity contribution in [2.45, 2.75) is 52.0 Å². The number of nitrogens with one attached hydrogen (secondary N) is 1. The number of rotatable bonds is 13. The third kappa shape index (κ3) is 8.98. The van der Waals surface area contributed by atoms with Gasteiger partial charge < -0.3 is 32.5 Å². The third-order valence-electron chi connectivity index (χ3n) is 7.46. The van der Waals surface area contributed by atoms with Crippen LogP contribution in [0.4, 0.5) is 13.6 Å². The number of aliphatic hydroxyl groups is 1. The predicted molar refractivity (Wildman–Crippen MR) is 168 cm³/mol. The molecule has 2 aromatic heterocycles. The number of benzene rings is 2. The van der Waals surface area contributed by atoms with Gasteiger partial charge in [0, 0.05) is 54.1 Å². The zero-order valence-electron chi connectivity index (χ0n) is 25.9. The number of thiazole rings is 1. The number of carbonyl (C=O) groups excluding carboxylic acids is 1. The molecule has 0 bridgehead atoms. The minimum Gasteiger partial charge on any atom is -1.00 e. The SMILES string of the molecule is CCNCCN(CC)C(=O)OC(C)[n+]1cnn(CC(O)(c2cc(F)ccc2F)C(C)c2nc(-c3ccc(C#N)cc3)cs2)c1.Cl.[Cl-]. The lowest BCUT2D eigenvalue weighted by Gasteiger charge is -2.32. The summed E-state index contributed by atoms with van der Waals surface area (Å²) in [5.41, 5.74) is -0.287. The topological polar surface area (TPSA) is 120 Å². The number of aromatic nitrogens is 4. The number of nitriles is 1. The molecule has 3 atom stereocenters. The van der Waals surface area contributed by atoms with Crippen LogP contribution in [0, 0.1) is 23.0 Å². The maximum atomic E-state index is 15.2. The first kappa shape index (κ1) is 38.5. The molecule has 0 aliphatic carbocycles. The summed E-state index contributed by atoms with van der Waals surface area (Å²) in [6.45, 7) is 9.39. The fourth-order valence-electron chi connectivity index (χ4n) is 4.73. The molecule has 0 saturated carbocycles. The highest BCUT2D eigenvalue weighted by Gasteiger charge is 2.43. The number of hydrogen-bond donors (Lipinski definition) is 2. The van der Waals surface area contributed by atoms with Gasteiger partial charge in [-0.05, 0) is 43.8 Å². The number of likely N-dealkylation sites (N-methyl/N-ethyl adjacent to an activating group) is 2. The van der Waals surface area contributed by atoms with Crippen molar-refractivity contribution < 1.29 is 40.4 Å². The van der Waals surface area contributed by atoms with Gasteiger partial charge in [0.2, 0.25) is 12.6 Å². The Morgan fingerprint density at radius 1 is 1.24 bits per heavy atom. The van der Waals surface area contributed by atoms with Crippen LogP contribution in [0.25, 0.3) is 11.3 Å². The summed E-state index contributed by atoms with van der Waals surface area (Å²) in [6.07, 6.45) is 1.76. The van der Waals surface area contributed by atoms with Gasteiger partial charge in [-0.15, -0.1) is 28.4 Å². The maximum Gasteiger partial charge on any atom is 0.412 e. The monoisotopic (exact) mass is 695 g/mol. The Morgan fingerprint density at radius 2 is 1.96 bits per heavy atom. The normalized spacial score (nSPS) is 13.3. The molecule has 0 saturated heterocycles. The van der Waals surface area contributed by atoms with E-state index in [2.05, 4.69) is 16.5 Å². The fourth-order valence-corrected chi connectivity index (χ4v) is 5.70. The molecule has 0 aliphatic rings. The minimum atomic E-state index is -1.97. The molecule has 248 valence electrons. The van der Waals surface area contributed by atoms with Crippen LogP contribution in [-0.2, 0) is 16.9 Å². The standard InChI is InChI=1S/C31H36F2N7O3S.2ClH/c1-5-35-13-14-38(6-2)30(41)43-22(4)39-19-36-40(20-39)18-31(42,26-15-25(32)11-12-27(26)33)21(3)29-37-28(17-44-29)24-9-7-23(16-34)8-10-24;;/h7-12,15,17,19-22,35,42H,5-6,13-14,18H2,1-4H3;2*1H/q+1;;/p-1. The summed E-state index contributed by atoms with van der Waals surface area (Å²) in [4.78, 5) is 19.0. The van der Waals surface area contributed by atoms with Crippen LogP contribution in [0.1, 0.15) is 56.0 Å². The molecule has 2 heterocycles. The van der Waals surface area contributed by atoms with Crippen LogP contribution in [0.5, 0.6) is 0 Å². The van der Waals surface area contributed by atoms with Gasteiger partial charge in [0.05, 0.1) is 22.3 Å². The molecule has 46 heavy (non-hydrogen) atoms. The van der Waals surface area contributed by atoms with E-state index in [0.717, 1.165) is 30.3 Å². The predicted octanol–water partition coefficient (Wildman–Crippen LogP) is 2.15. The van der Waals surface area contributed by atoms with Gasteiger partial charge in [-0.25, -0.2) is 18.6 Å². The first-order valence-corrected chi connectivity index (χ1v) is 15.2. The Balaban J connectivity index is 0.00000368. The first-order valence-electron chi connectivity index (χ1n) is 14.3. The van der Waals surface area contributed by atoms with Crippen molar-refractivity contribution in [3.8, 4) is 17.3 Å². The summed E-state index contributed by atoms with van der Waals surface area (Å²) in [7, 11) is 0. The average Bonchev–Trinajstić information content (AvgIpc) is 3.70. The van der Waals surface area contributed by atoms with Crippen LogP contribution < -0.4 is 22.3 Å². The lowest BCUT2D eigenvalue weighted by atomic mass is 9.82. The van der Waals surface area contributed by atoms with Crippen molar-refractivity contribution in [3.05, 3.63) is 88.3 Å². The number of hydrogen-bond acceptors (Lipinski definition) is 8. The van der Waals surface area contributed by atoms with Crippen molar-refractivity contribution in [1.82, 2.24) is 25.0 Å². The summed E-state index contributed by atoms with van der Waals surface area (Å²) in [5.74, 6) is -2.27. The van der Waals surface area contributed by atoms with E-state index in [1.807, 2.05) is 19.2 Å². The van der Waals surface area contributed by atoms with E-state index in [0.29, 0.717) is 35.9 Å². The van der Waals surface area contributed by atoms with E-state index >= 15 is 4.39 Å². The number of ether oxygens (including phenoxy) is 1. The Morgan fingerprint density at radius 3 is 2.61 bits per heavy atom. The van der Waals surface area contributed by atoms with Gasteiger partial charge in [-0.2, -0.15) is 9.83 Å². The van der Waals surface area contributed by atoms with Crippen LogP contribution in [0.15, 0.2) is 60.5 Å². The number of carbonyl (C=O) groups is 1. The van der Waals surface area contributed by atoms with Crippen molar-refractivity contribution in [1.29, 1.82) is 5.26 Å². The molecule has 2 N–H and O–H groups in total. The Bertz CT molecular complexity index is 1620. The summed E-state index contributed by atoms with van der Waals surface area (Å²) >= 11 is 1.28. The summed E-state index contributed by atoms with van der Waals surface area (Å²) in [5, 5.41) is 31.1. The van der Waals surface area contributed by atoms with Gasteiger partial charge >= 0.3 is 6.09 Å². The maximum absolute atomic E-state index is 15.2. The van der Waals surface area contributed by atoms with E-state index in [1.54, 1.807) is 47.6 Å². The second-order valence-corrected chi connectivity index (χ2v) is 11.2. The smallest absolute Gasteiger partial charge is 0.412 e. The molecule has 3 unspecified atom stereocenters. The quantitative estimate of drug-likeness (QED) is 0.163. The molecule has 1 amide bonds. The van der Waals surface area contributed by atoms with Crippen LogP contribution in [0.3, 0.4) is 0 Å². The van der Waals surface area contributed by atoms with Crippen molar-refractivity contribution in [3.63, 3.8) is 0 Å². The molecule has 15 heteroatoms. The van der Waals surface area contributed by atoms with Crippen molar-refractivity contribution >= 4 is 29.8 Å². The Hall–Kier alpha value is -3.67. The first-order chi connectivity index (χ1) is 21.1.